The van der Waals surface area contributed by atoms with Gasteiger partial charge in [0.2, 0.25) is 0 Å². The zero-order chi connectivity index (χ0) is 39.7. The van der Waals surface area contributed by atoms with Gasteiger partial charge < -0.3 is 10.2 Å². The molecule has 4 heteroatoms. The van der Waals surface area contributed by atoms with Crippen LogP contribution in [0.15, 0.2) is 46.4 Å². The van der Waals surface area contributed by atoms with Gasteiger partial charge in [0.25, 0.3) is 0 Å². The Morgan fingerprint density at radius 2 is 0.714 bits per heavy atom. The molecule has 0 saturated heterocycles. The first-order valence-electron chi connectivity index (χ1n) is 24.3. The van der Waals surface area contributed by atoms with Crippen molar-refractivity contribution in [3.63, 3.8) is 0 Å². The highest BCUT2D eigenvalue weighted by atomic mass is 16.3. The molecule has 3 rings (SSSR count). The van der Waals surface area contributed by atoms with Crippen LogP contribution >= 0.6 is 0 Å². The van der Waals surface area contributed by atoms with Crippen molar-refractivity contribution in [2.45, 2.75) is 244 Å². The molecule has 0 aromatic heterocycles. The van der Waals surface area contributed by atoms with Gasteiger partial charge in [0, 0.05) is 23.6 Å². The number of nitrogens with zero attached hydrogens (tertiary/aromatic N) is 2. The van der Waals surface area contributed by atoms with E-state index in [1.807, 2.05) is 36.7 Å². The number of hydrogen-bond donors (Lipinski definition) is 2. The average molecular weight is 771 g/mol. The second-order valence-electron chi connectivity index (χ2n) is 17.5. The maximum atomic E-state index is 10.8. The normalized spacial score (nSPS) is 16.1. The van der Waals surface area contributed by atoms with Gasteiger partial charge >= 0.3 is 0 Å². The van der Waals surface area contributed by atoms with Gasteiger partial charge in [-0.05, 0) is 73.9 Å². The molecular formula is C52H86N2O2. The molecule has 1 aliphatic carbocycles. The van der Waals surface area contributed by atoms with Crippen LogP contribution in [0.3, 0.4) is 0 Å². The summed E-state index contributed by atoms with van der Waals surface area (Å²) in [4.78, 5) is 9.89. The van der Waals surface area contributed by atoms with E-state index in [2.05, 4.69) is 26.0 Å². The predicted octanol–water partition coefficient (Wildman–Crippen LogP) is 16.0. The van der Waals surface area contributed by atoms with E-state index in [1.54, 1.807) is 0 Å². The lowest BCUT2D eigenvalue weighted by molar-refractivity contribution is 0.390. The molecule has 0 spiro atoms. The van der Waals surface area contributed by atoms with Crippen molar-refractivity contribution in [1.82, 2.24) is 0 Å². The number of rotatable bonds is 34. The molecule has 1 aliphatic rings. The molecule has 0 radical (unpaired) electrons. The zero-order valence-corrected chi connectivity index (χ0v) is 36.6. The van der Waals surface area contributed by atoms with Crippen LogP contribution < -0.4 is 0 Å². The van der Waals surface area contributed by atoms with Gasteiger partial charge in [-0.3, -0.25) is 9.98 Å². The van der Waals surface area contributed by atoms with Gasteiger partial charge in [-0.2, -0.15) is 0 Å². The molecule has 4 nitrogen and oxygen atoms in total. The molecule has 2 aromatic rings. The van der Waals surface area contributed by atoms with Crippen molar-refractivity contribution in [2.75, 3.05) is 0 Å². The fraction of sp³-hybridized carbons (Fsp3) is 0.731. The van der Waals surface area contributed by atoms with E-state index >= 15 is 0 Å². The summed E-state index contributed by atoms with van der Waals surface area (Å²) in [6, 6.07) is 12.4. The molecule has 2 N–H and O–H groups in total. The van der Waals surface area contributed by atoms with Gasteiger partial charge in [0.15, 0.2) is 0 Å². The van der Waals surface area contributed by atoms with Crippen molar-refractivity contribution in [1.29, 1.82) is 0 Å². The first-order valence-corrected chi connectivity index (χ1v) is 24.3. The first kappa shape index (κ1) is 47.8. The average Bonchev–Trinajstić information content (AvgIpc) is 3.20. The predicted molar refractivity (Wildman–Crippen MR) is 245 cm³/mol. The molecule has 56 heavy (non-hydrogen) atoms. The van der Waals surface area contributed by atoms with E-state index in [4.69, 9.17) is 9.98 Å². The number of phenols is 2. The SMILES string of the molecule is CCCCCCCCCCCCCCCCc1ccc(C=N[C@H]2CCCC[C@@H]2N=Cc2ccc(CCCCCCCCCCCCCCCC)cc2O)c(O)c1. The molecule has 1 fully saturated rings. The number of aryl methyl sites for hydroxylation is 2. The molecule has 0 heterocycles. The van der Waals surface area contributed by atoms with Gasteiger partial charge in [-0.1, -0.05) is 206 Å². The van der Waals surface area contributed by atoms with Crippen molar-refractivity contribution in [3.8, 4) is 11.5 Å². The highest BCUT2D eigenvalue weighted by Crippen LogP contribution is 2.27. The van der Waals surface area contributed by atoms with E-state index in [0.29, 0.717) is 11.5 Å². The van der Waals surface area contributed by atoms with Crippen LogP contribution in [0, 0.1) is 0 Å². The van der Waals surface area contributed by atoms with Crippen LogP contribution in [0.1, 0.15) is 242 Å². The van der Waals surface area contributed by atoms with Crippen LogP contribution in [-0.2, 0) is 12.8 Å². The number of unbranched alkanes of at least 4 members (excludes halogenated alkanes) is 26. The first-order chi connectivity index (χ1) is 27.6. The maximum absolute atomic E-state index is 10.8. The van der Waals surface area contributed by atoms with Crippen LogP contribution in [0.25, 0.3) is 0 Å². The van der Waals surface area contributed by atoms with E-state index in [1.165, 1.54) is 191 Å². The minimum absolute atomic E-state index is 0.0939. The van der Waals surface area contributed by atoms with Gasteiger partial charge in [-0.25, -0.2) is 0 Å². The molecular weight excluding hydrogens is 685 g/mol. The lowest BCUT2D eigenvalue weighted by Crippen LogP contribution is -2.27. The number of aliphatic imine (C=N–C) groups is 2. The van der Waals surface area contributed by atoms with Crippen LogP contribution in [0.4, 0.5) is 0 Å². The Hall–Kier alpha value is -2.62. The summed E-state index contributed by atoms with van der Waals surface area (Å²) < 4.78 is 0. The van der Waals surface area contributed by atoms with E-state index < -0.39 is 0 Å². The van der Waals surface area contributed by atoms with Crippen molar-refractivity contribution >= 4 is 12.4 Å². The summed E-state index contributed by atoms with van der Waals surface area (Å²) >= 11 is 0. The summed E-state index contributed by atoms with van der Waals surface area (Å²) in [7, 11) is 0. The van der Waals surface area contributed by atoms with Crippen LogP contribution in [0.5, 0.6) is 11.5 Å². The molecule has 0 unspecified atom stereocenters. The molecule has 1 saturated carbocycles. The highest BCUT2D eigenvalue weighted by Gasteiger charge is 2.23. The lowest BCUT2D eigenvalue weighted by Gasteiger charge is -2.25. The van der Waals surface area contributed by atoms with Gasteiger partial charge in [-0.15, -0.1) is 0 Å². The topological polar surface area (TPSA) is 65.2 Å². The Morgan fingerprint density at radius 1 is 0.429 bits per heavy atom. The summed E-state index contributed by atoms with van der Waals surface area (Å²) in [6.07, 6.45) is 48.5. The Bertz CT molecular complexity index is 1200. The Morgan fingerprint density at radius 3 is 1.00 bits per heavy atom. The quantitative estimate of drug-likeness (QED) is 0.0550. The summed E-state index contributed by atoms with van der Waals surface area (Å²) in [6.45, 7) is 4.58. The molecule has 0 aliphatic heterocycles. The molecule has 2 atom stereocenters. The van der Waals surface area contributed by atoms with Crippen LogP contribution in [0.2, 0.25) is 0 Å². The third kappa shape index (κ3) is 22.4. The summed E-state index contributed by atoms with van der Waals surface area (Å²) in [5.41, 5.74) is 4.00. The van der Waals surface area contributed by atoms with E-state index in [-0.39, 0.29) is 12.1 Å². The molecule has 0 bridgehead atoms. The molecule has 0 amide bonds. The van der Waals surface area contributed by atoms with Gasteiger partial charge in [0.1, 0.15) is 11.5 Å². The third-order valence-electron chi connectivity index (χ3n) is 12.3. The number of hydrogen-bond acceptors (Lipinski definition) is 4. The minimum atomic E-state index is 0.0939. The lowest BCUT2D eigenvalue weighted by atomic mass is 9.91. The summed E-state index contributed by atoms with van der Waals surface area (Å²) in [5, 5.41) is 21.6. The van der Waals surface area contributed by atoms with Crippen molar-refractivity contribution in [2.24, 2.45) is 9.98 Å². The Labute approximate surface area is 345 Å². The second-order valence-corrected chi connectivity index (χ2v) is 17.5. The second kappa shape index (κ2) is 32.3. The van der Waals surface area contributed by atoms with E-state index in [9.17, 15) is 10.2 Å². The monoisotopic (exact) mass is 771 g/mol. The zero-order valence-electron chi connectivity index (χ0n) is 36.6. The summed E-state index contributed by atoms with van der Waals surface area (Å²) in [5.74, 6) is 0.651. The number of benzene rings is 2. The van der Waals surface area contributed by atoms with Crippen LogP contribution in [-0.4, -0.2) is 34.7 Å². The molecule has 2 aromatic carbocycles. The fourth-order valence-electron chi connectivity index (χ4n) is 8.55. The maximum Gasteiger partial charge on any atom is 0.124 e. The fourth-order valence-corrected chi connectivity index (χ4v) is 8.55. The largest absolute Gasteiger partial charge is 0.507 e. The highest BCUT2D eigenvalue weighted by molar-refractivity contribution is 5.84. The number of phenolic OH excluding ortho intramolecular Hbond substituents is 2. The Balaban J connectivity index is 1.29. The van der Waals surface area contributed by atoms with E-state index in [0.717, 1.165) is 49.7 Å². The standard InChI is InChI=1S/C52H86N2O2/c1-3-5-7-9-11-13-15-17-19-21-23-25-27-29-33-45-37-39-47(51(55)41-45)43-53-49-35-31-32-36-50(49)54-44-48-40-38-46(42-52(48)56)34-30-28-26-24-22-20-18-16-14-12-10-8-6-4-2/h37-44,49-50,55-56H,3-36H2,1-2H3/t49-,50-/m0/s1. The van der Waals surface area contributed by atoms with Crippen molar-refractivity contribution in [3.05, 3.63) is 58.7 Å². The van der Waals surface area contributed by atoms with Gasteiger partial charge in [0.05, 0.1) is 12.1 Å². The number of aromatic hydroxyl groups is 2. The molecule has 316 valence electrons. The minimum Gasteiger partial charge on any atom is -0.507 e. The third-order valence-corrected chi connectivity index (χ3v) is 12.3. The Kier molecular flexibility index (Phi) is 27.6. The van der Waals surface area contributed by atoms with Crippen molar-refractivity contribution < 1.29 is 10.2 Å². The smallest absolute Gasteiger partial charge is 0.124 e.